The Labute approximate surface area is 144 Å². The van der Waals surface area contributed by atoms with E-state index < -0.39 is 0 Å². The highest BCUT2D eigenvalue weighted by Crippen LogP contribution is 2.04. The van der Waals surface area contributed by atoms with Gasteiger partial charge in [0.05, 0.1) is 0 Å². The third-order valence-electron chi connectivity index (χ3n) is 3.89. The number of likely N-dealkylation sites (N-methyl/N-ethyl adjacent to an activating group) is 1. The van der Waals surface area contributed by atoms with Crippen LogP contribution in [0.4, 0.5) is 0 Å². The largest absolute Gasteiger partial charge is 0.304 e. The van der Waals surface area contributed by atoms with Gasteiger partial charge in [0.25, 0.3) is 0 Å². The molecule has 0 saturated carbocycles. The first-order valence-corrected chi connectivity index (χ1v) is 9.01. The van der Waals surface area contributed by atoms with E-state index in [4.69, 9.17) is 0 Å². The molecule has 0 amide bonds. The minimum absolute atomic E-state index is 0.852. The van der Waals surface area contributed by atoms with Crippen LogP contribution in [0, 0.1) is 5.92 Å². The zero-order valence-electron chi connectivity index (χ0n) is 16.3. The van der Waals surface area contributed by atoms with Crippen molar-refractivity contribution < 1.29 is 0 Å². The SMILES string of the molecule is C=CCc1ccnn1C.CC.CC(C)CCN1CCN(C)CC1. The fraction of sp³-hybridized carbons (Fsp3) is 0.737. The maximum absolute atomic E-state index is 4.00. The van der Waals surface area contributed by atoms with Gasteiger partial charge >= 0.3 is 0 Å². The van der Waals surface area contributed by atoms with Crippen molar-refractivity contribution in [2.75, 3.05) is 39.8 Å². The summed E-state index contributed by atoms with van der Waals surface area (Å²) in [5, 5.41) is 4.00. The first kappa shape index (κ1) is 21.9. The smallest absolute Gasteiger partial charge is 0.0492 e. The van der Waals surface area contributed by atoms with E-state index in [1.165, 1.54) is 44.8 Å². The van der Waals surface area contributed by atoms with E-state index >= 15 is 0 Å². The molecule has 1 aromatic heterocycles. The highest BCUT2D eigenvalue weighted by atomic mass is 15.3. The lowest BCUT2D eigenvalue weighted by Gasteiger charge is -2.32. The van der Waals surface area contributed by atoms with Crippen LogP contribution < -0.4 is 0 Å². The molecule has 2 heterocycles. The van der Waals surface area contributed by atoms with Gasteiger partial charge in [-0.3, -0.25) is 4.68 Å². The van der Waals surface area contributed by atoms with Gasteiger partial charge in [0, 0.05) is 51.5 Å². The lowest BCUT2D eigenvalue weighted by Crippen LogP contribution is -2.44. The highest BCUT2D eigenvalue weighted by molar-refractivity contribution is 5.03. The van der Waals surface area contributed by atoms with Crippen LogP contribution in [0.15, 0.2) is 24.9 Å². The number of aromatic nitrogens is 2. The summed E-state index contributed by atoms with van der Waals surface area (Å²) in [7, 11) is 4.14. The number of aryl methyl sites for hydroxylation is 1. The van der Waals surface area contributed by atoms with E-state index in [1.54, 1.807) is 6.20 Å². The second-order valence-corrected chi connectivity index (χ2v) is 6.27. The van der Waals surface area contributed by atoms with Crippen molar-refractivity contribution in [3.05, 3.63) is 30.6 Å². The van der Waals surface area contributed by atoms with E-state index in [2.05, 4.69) is 42.4 Å². The Bertz CT molecular complexity index is 390. The van der Waals surface area contributed by atoms with Crippen LogP contribution in [0.5, 0.6) is 0 Å². The number of hydrogen-bond acceptors (Lipinski definition) is 3. The number of piperazine rings is 1. The Morgan fingerprint density at radius 3 is 2.22 bits per heavy atom. The molecule has 1 aliphatic rings. The van der Waals surface area contributed by atoms with Crippen molar-refractivity contribution in [2.45, 2.75) is 40.5 Å². The van der Waals surface area contributed by atoms with Gasteiger partial charge < -0.3 is 9.80 Å². The van der Waals surface area contributed by atoms with Gasteiger partial charge in [-0.2, -0.15) is 5.10 Å². The number of rotatable bonds is 5. The summed E-state index contributed by atoms with van der Waals surface area (Å²) in [5.74, 6) is 0.852. The third kappa shape index (κ3) is 10.3. The predicted octanol–water partition coefficient (Wildman–Crippen LogP) is 3.45. The van der Waals surface area contributed by atoms with Crippen molar-refractivity contribution in [3.63, 3.8) is 0 Å². The molecule has 1 saturated heterocycles. The fourth-order valence-electron chi connectivity index (χ4n) is 2.26. The Hall–Kier alpha value is -1.13. The van der Waals surface area contributed by atoms with Crippen molar-refractivity contribution in [2.24, 2.45) is 13.0 Å². The molecule has 0 aromatic carbocycles. The van der Waals surface area contributed by atoms with Crippen LogP contribution in [0.3, 0.4) is 0 Å². The fourth-order valence-corrected chi connectivity index (χ4v) is 2.26. The lowest BCUT2D eigenvalue weighted by atomic mass is 10.1. The van der Waals surface area contributed by atoms with E-state index in [0.29, 0.717) is 0 Å². The molecule has 4 heteroatoms. The third-order valence-corrected chi connectivity index (χ3v) is 3.89. The molecule has 23 heavy (non-hydrogen) atoms. The molecule has 0 atom stereocenters. The summed E-state index contributed by atoms with van der Waals surface area (Å²) in [6, 6.07) is 1.99. The maximum Gasteiger partial charge on any atom is 0.0492 e. The quantitative estimate of drug-likeness (QED) is 0.776. The van der Waals surface area contributed by atoms with Gasteiger partial charge in [0.2, 0.25) is 0 Å². The van der Waals surface area contributed by atoms with Crippen LogP contribution in [0.25, 0.3) is 0 Å². The zero-order chi connectivity index (χ0) is 17.7. The predicted molar refractivity (Wildman–Crippen MR) is 102 cm³/mol. The molecule has 134 valence electrons. The molecule has 4 nitrogen and oxygen atoms in total. The van der Waals surface area contributed by atoms with Crippen LogP contribution in [-0.2, 0) is 13.5 Å². The Balaban J connectivity index is 0.000000392. The van der Waals surface area contributed by atoms with Gasteiger partial charge in [-0.1, -0.05) is 33.8 Å². The highest BCUT2D eigenvalue weighted by Gasteiger charge is 2.12. The summed E-state index contributed by atoms with van der Waals surface area (Å²) in [6.45, 7) is 18.6. The molecule has 0 unspecified atom stereocenters. The van der Waals surface area contributed by atoms with E-state index in [1.807, 2.05) is 37.7 Å². The minimum atomic E-state index is 0.852. The molecule has 0 aliphatic carbocycles. The molecule has 2 rings (SSSR count). The average molecular weight is 323 g/mol. The van der Waals surface area contributed by atoms with Gasteiger partial charge in [0.1, 0.15) is 0 Å². The topological polar surface area (TPSA) is 24.3 Å². The van der Waals surface area contributed by atoms with E-state index in [-0.39, 0.29) is 0 Å². The second-order valence-electron chi connectivity index (χ2n) is 6.27. The van der Waals surface area contributed by atoms with Crippen molar-refractivity contribution in [3.8, 4) is 0 Å². The number of allylic oxidation sites excluding steroid dienone is 1. The van der Waals surface area contributed by atoms with Crippen LogP contribution in [0.1, 0.15) is 39.8 Å². The number of nitrogens with zero attached hydrogens (tertiary/aromatic N) is 4. The van der Waals surface area contributed by atoms with Crippen molar-refractivity contribution in [1.29, 1.82) is 0 Å². The molecule has 1 fully saturated rings. The summed E-state index contributed by atoms with van der Waals surface area (Å²) < 4.78 is 1.85. The van der Waals surface area contributed by atoms with Crippen LogP contribution in [0.2, 0.25) is 0 Å². The van der Waals surface area contributed by atoms with Gasteiger partial charge in [0.15, 0.2) is 0 Å². The monoisotopic (exact) mass is 322 g/mol. The van der Waals surface area contributed by atoms with Crippen LogP contribution in [-0.4, -0.2) is 59.4 Å². The molecule has 0 spiro atoms. The lowest BCUT2D eigenvalue weighted by molar-refractivity contribution is 0.148. The van der Waals surface area contributed by atoms with Gasteiger partial charge in [-0.05, 0) is 32.0 Å². The second kappa shape index (κ2) is 13.3. The van der Waals surface area contributed by atoms with E-state index in [0.717, 1.165) is 12.3 Å². The summed E-state index contributed by atoms with van der Waals surface area (Å²) >= 11 is 0. The van der Waals surface area contributed by atoms with Gasteiger partial charge in [-0.15, -0.1) is 6.58 Å². The molecule has 1 aliphatic heterocycles. The average Bonchev–Trinajstić information content (AvgIpc) is 2.95. The zero-order valence-corrected chi connectivity index (χ0v) is 16.3. The maximum atomic E-state index is 4.00. The van der Waals surface area contributed by atoms with Crippen molar-refractivity contribution in [1.82, 2.24) is 19.6 Å². The molecule has 0 radical (unpaired) electrons. The Morgan fingerprint density at radius 1 is 1.17 bits per heavy atom. The first-order chi connectivity index (χ1) is 11.0. The summed E-state index contributed by atoms with van der Waals surface area (Å²) in [5.41, 5.74) is 1.20. The molecule has 0 bridgehead atoms. The van der Waals surface area contributed by atoms with Gasteiger partial charge in [-0.25, -0.2) is 0 Å². The Morgan fingerprint density at radius 2 is 1.78 bits per heavy atom. The van der Waals surface area contributed by atoms with E-state index in [9.17, 15) is 0 Å². The standard InChI is InChI=1S/C10H22N2.C7H10N2.C2H6/c1-10(2)4-5-12-8-6-11(3)7-9-12;1-3-4-7-5-6-8-9(7)2;1-2/h10H,4-9H2,1-3H3;3,5-6H,1,4H2,2H3;1-2H3. The first-order valence-electron chi connectivity index (χ1n) is 9.01. The van der Waals surface area contributed by atoms with Crippen molar-refractivity contribution >= 4 is 0 Å². The minimum Gasteiger partial charge on any atom is -0.304 e. The Kier molecular flexibility index (Phi) is 12.7. The molecular weight excluding hydrogens is 284 g/mol. The molecule has 0 N–H and O–H groups in total. The molecular formula is C19H38N4. The normalized spacial score (nSPS) is 15.4. The van der Waals surface area contributed by atoms with Crippen LogP contribution >= 0.6 is 0 Å². The summed E-state index contributed by atoms with van der Waals surface area (Å²) in [4.78, 5) is 4.99. The summed E-state index contributed by atoms with van der Waals surface area (Å²) in [6.07, 6.45) is 5.91. The molecule has 1 aromatic rings. The number of hydrogen-bond donors (Lipinski definition) is 0.